The maximum absolute atomic E-state index is 13.2. The van der Waals surface area contributed by atoms with Crippen molar-refractivity contribution in [1.29, 1.82) is 0 Å². The second-order valence-electron chi connectivity index (χ2n) is 5.75. The maximum atomic E-state index is 13.2. The summed E-state index contributed by atoms with van der Waals surface area (Å²) in [4.78, 5) is 9.45. The Bertz CT molecular complexity index is 585. The highest BCUT2D eigenvalue weighted by Gasteiger charge is 2.19. The number of fused-ring (bicyclic) bond motifs is 1. The van der Waals surface area contributed by atoms with Crippen molar-refractivity contribution in [1.82, 2.24) is 19.2 Å². The second kappa shape index (κ2) is 5.50. The Morgan fingerprint density at radius 3 is 2.60 bits per heavy atom. The van der Waals surface area contributed by atoms with E-state index in [1.54, 1.807) is 10.5 Å². The topological polar surface area (TPSA) is 23.8 Å². The van der Waals surface area contributed by atoms with Gasteiger partial charge in [0.25, 0.3) is 0 Å². The summed E-state index contributed by atoms with van der Waals surface area (Å²) in [5, 5.41) is 0. The molecule has 3 heterocycles. The van der Waals surface area contributed by atoms with Gasteiger partial charge in [-0.25, -0.2) is 9.37 Å². The van der Waals surface area contributed by atoms with Gasteiger partial charge in [-0.1, -0.05) is 0 Å². The predicted octanol–water partition coefficient (Wildman–Crippen LogP) is 2.00. The van der Waals surface area contributed by atoms with Crippen LogP contribution in [-0.2, 0) is 6.54 Å². The molecular formula is C15H21FN4. The van der Waals surface area contributed by atoms with Gasteiger partial charge in [-0.05, 0) is 26.0 Å². The minimum atomic E-state index is -0.230. The van der Waals surface area contributed by atoms with Crippen molar-refractivity contribution in [2.24, 2.45) is 0 Å². The molecule has 3 rings (SSSR count). The van der Waals surface area contributed by atoms with Gasteiger partial charge in [0.15, 0.2) is 0 Å². The van der Waals surface area contributed by atoms with E-state index in [-0.39, 0.29) is 5.82 Å². The smallest absolute Gasteiger partial charge is 0.139 e. The molecule has 0 spiro atoms. The first-order valence-electron chi connectivity index (χ1n) is 7.21. The minimum absolute atomic E-state index is 0.230. The van der Waals surface area contributed by atoms with Crippen LogP contribution in [-0.4, -0.2) is 51.4 Å². The Balaban J connectivity index is 1.65. The lowest BCUT2D eigenvalue weighted by molar-refractivity contribution is 0.103. The van der Waals surface area contributed by atoms with Crippen LogP contribution in [0.5, 0.6) is 0 Å². The number of aromatic nitrogens is 2. The quantitative estimate of drug-likeness (QED) is 0.857. The van der Waals surface area contributed by atoms with E-state index in [9.17, 15) is 4.39 Å². The fourth-order valence-electron chi connectivity index (χ4n) is 2.76. The summed E-state index contributed by atoms with van der Waals surface area (Å²) in [5.74, 6) is -0.230. The Labute approximate surface area is 118 Å². The molecule has 20 heavy (non-hydrogen) atoms. The van der Waals surface area contributed by atoms with Gasteiger partial charge in [-0.15, -0.1) is 0 Å². The van der Waals surface area contributed by atoms with Crippen LogP contribution >= 0.6 is 0 Å². The Morgan fingerprint density at radius 1 is 1.15 bits per heavy atom. The Morgan fingerprint density at radius 2 is 1.90 bits per heavy atom. The van der Waals surface area contributed by atoms with Crippen molar-refractivity contribution in [3.63, 3.8) is 0 Å². The largest absolute Gasteiger partial charge is 0.304 e. The van der Waals surface area contributed by atoms with Crippen LogP contribution in [0.3, 0.4) is 0 Å². The van der Waals surface area contributed by atoms with Gasteiger partial charge >= 0.3 is 0 Å². The highest BCUT2D eigenvalue weighted by atomic mass is 19.1. The van der Waals surface area contributed by atoms with Crippen LogP contribution in [0.1, 0.15) is 19.5 Å². The van der Waals surface area contributed by atoms with Gasteiger partial charge in [0, 0.05) is 51.2 Å². The van der Waals surface area contributed by atoms with Crippen LogP contribution in [0, 0.1) is 5.82 Å². The van der Waals surface area contributed by atoms with Crippen LogP contribution in [0.15, 0.2) is 24.5 Å². The average molecular weight is 276 g/mol. The number of imidazole rings is 1. The van der Waals surface area contributed by atoms with Crippen molar-refractivity contribution < 1.29 is 4.39 Å². The lowest BCUT2D eigenvalue weighted by Gasteiger charge is -2.36. The number of nitrogens with zero attached hydrogens (tertiary/aromatic N) is 4. The van der Waals surface area contributed by atoms with E-state index in [1.165, 1.54) is 12.3 Å². The molecule has 5 heteroatoms. The van der Waals surface area contributed by atoms with E-state index in [2.05, 4.69) is 28.6 Å². The molecule has 4 nitrogen and oxygen atoms in total. The monoisotopic (exact) mass is 276 g/mol. The molecule has 2 aromatic heterocycles. The third-order valence-electron chi connectivity index (χ3n) is 3.99. The number of hydrogen-bond acceptors (Lipinski definition) is 3. The van der Waals surface area contributed by atoms with E-state index in [0.717, 1.165) is 44.1 Å². The van der Waals surface area contributed by atoms with Gasteiger partial charge in [-0.3, -0.25) is 9.80 Å². The predicted molar refractivity (Wildman–Crippen MR) is 77.1 cm³/mol. The van der Waals surface area contributed by atoms with E-state index < -0.39 is 0 Å². The molecule has 0 unspecified atom stereocenters. The third-order valence-corrected chi connectivity index (χ3v) is 3.99. The van der Waals surface area contributed by atoms with Crippen molar-refractivity contribution in [3.05, 3.63) is 36.0 Å². The summed E-state index contributed by atoms with van der Waals surface area (Å²) < 4.78 is 14.9. The van der Waals surface area contributed by atoms with Crippen molar-refractivity contribution in [2.75, 3.05) is 26.2 Å². The van der Waals surface area contributed by atoms with Gasteiger partial charge < -0.3 is 4.40 Å². The molecule has 1 fully saturated rings. The number of pyridine rings is 1. The summed E-state index contributed by atoms with van der Waals surface area (Å²) in [6, 6.07) is 3.79. The SMILES string of the molecule is CC(C)N1CCN(Cc2cn3cc(F)ccc3n2)CC1. The average Bonchev–Trinajstić information content (AvgIpc) is 2.80. The molecule has 0 saturated carbocycles. The van der Waals surface area contributed by atoms with Crippen LogP contribution in [0.4, 0.5) is 4.39 Å². The molecule has 0 aromatic carbocycles. The maximum Gasteiger partial charge on any atom is 0.139 e. The normalized spacial score (nSPS) is 18.2. The molecular weight excluding hydrogens is 255 g/mol. The van der Waals surface area contributed by atoms with Crippen LogP contribution < -0.4 is 0 Å². The third kappa shape index (κ3) is 2.83. The molecule has 1 aliphatic rings. The molecule has 0 bridgehead atoms. The van der Waals surface area contributed by atoms with Crippen LogP contribution in [0.25, 0.3) is 5.65 Å². The lowest BCUT2D eigenvalue weighted by Crippen LogP contribution is -2.48. The van der Waals surface area contributed by atoms with E-state index >= 15 is 0 Å². The molecule has 0 radical (unpaired) electrons. The summed E-state index contributed by atoms with van der Waals surface area (Å²) in [7, 11) is 0. The van der Waals surface area contributed by atoms with Gasteiger partial charge in [0.2, 0.25) is 0 Å². The summed E-state index contributed by atoms with van der Waals surface area (Å²) >= 11 is 0. The molecule has 0 atom stereocenters. The zero-order chi connectivity index (χ0) is 14.1. The molecule has 1 saturated heterocycles. The van der Waals surface area contributed by atoms with Gasteiger partial charge in [0.1, 0.15) is 11.5 Å². The molecule has 108 valence electrons. The molecule has 0 N–H and O–H groups in total. The number of rotatable bonds is 3. The summed E-state index contributed by atoms with van der Waals surface area (Å²) in [5.41, 5.74) is 1.82. The second-order valence-corrected chi connectivity index (χ2v) is 5.75. The highest BCUT2D eigenvalue weighted by molar-refractivity contribution is 5.39. The van der Waals surface area contributed by atoms with Gasteiger partial charge in [0.05, 0.1) is 5.69 Å². The number of piperazine rings is 1. The summed E-state index contributed by atoms with van der Waals surface area (Å²) in [6.45, 7) is 9.69. The minimum Gasteiger partial charge on any atom is -0.304 e. The fraction of sp³-hybridized carbons (Fsp3) is 0.533. The summed E-state index contributed by atoms with van der Waals surface area (Å²) in [6.07, 6.45) is 3.40. The fourth-order valence-corrected chi connectivity index (χ4v) is 2.76. The number of halogens is 1. The van der Waals surface area contributed by atoms with E-state index in [1.807, 2.05) is 6.20 Å². The first-order valence-corrected chi connectivity index (χ1v) is 7.21. The van der Waals surface area contributed by atoms with E-state index in [4.69, 9.17) is 0 Å². The van der Waals surface area contributed by atoms with E-state index in [0.29, 0.717) is 6.04 Å². The Kier molecular flexibility index (Phi) is 3.72. The first-order chi connectivity index (χ1) is 9.61. The van der Waals surface area contributed by atoms with Gasteiger partial charge in [-0.2, -0.15) is 0 Å². The highest BCUT2D eigenvalue weighted by Crippen LogP contribution is 2.12. The molecule has 1 aliphatic heterocycles. The Hall–Kier alpha value is -1.46. The zero-order valence-corrected chi connectivity index (χ0v) is 12.1. The molecule has 0 amide bonds. The zero-order valence-electron chi connectivity index (χ0n) is 12.1. The lowest BCUT2D eigenvalue weighted by atomic mass is 10.2. The van der Waals surface area contributed by atoms with Crippen LogP contribution in [0.2, 0.25) is 0 Å². The molecule has 2 aromatic rings. The standard InChI is InChI=1S/C15H21FN4/c1-12(2)19-7-5-18(6-8-19)10-14-11-20-9-13(16)3-4-15(20)17-14/h3-4,9,11-12H,5-8,10H2,1-2H3. The first kappa shape index (κ1) is 13.5. The number of hydrogen-bond donors (Lipinski definition) is 0. The molecule has 0 aliphatic carbocycles. The van der Waals surface area contributed by atoms with Crippen molar-refractivity contribution in [2.45, 2.75) is 26.4 Å². The van der Waals surface area contributed by atoms with Crippen molar-refractivity contribution in [3.8, 4) is 0 Å². The van der Waals surface area contributed by atoms with Crippen molar-refractivity contribution >= 4 is 5.65 Å².